The molecule has 4 nitrogen and oxygen atoms in total. The molecule has 0 saturated carbocycles. The lowest BCUT2D eigenvalue weighted by atomic mass is 10.0. The Bertz CT molecular complexity index is 760. The van der Waals surface area contributed by atoms with Crippen molar-refractivity contribution in [2.45, 2.75) is 244 Å². The summed E-state index contributed by atoms with van der Waals surface area (Å²) in [5.41, 5.74) is 0. The number of aliphatic hydroxyl groups excluding tert-OH is 2. The van der Waals surface area contributed by atoms with Crippen molar-refractivity contribution >= 4 is 5.91 Å². The van der Waals surface area contributed by atoms with Crippen LogP contribution in [0, 0.1) is 0 Å². The zero-order valence-corrected chi connectivity index (χ0v) is 33.7. The quantitative estimate of drug-likeness (QED) is 0.0440. The number of carbonyl (C=O) groups excluding carboxylic acids is 1. The number of rotatable bonds is 40. The molecule has 0 aliphatic rings. The van der Waals surface area contributed by atoms with E-state index in [1.165, 1.54) is 161 Å². The number of unbranched alkanes of at least 4 members (excludes halogenated alkanes) is 27. The van der Waals surface area contributed by atoms with Gasteiger partial charge in [-0.1, -0.05) is 211 Å². The monoisotopic (exact) mass is 702 g/mol. The summed E-state index contributed by atoms with van der Waals surface area (Å²) in [7, 11) is 0. The number of carbonyl (C=O) groups is 1. The first-order chi connectivity index (χ1) is 24.7. The van der Waals surface area contributed by atoms with Crippen LogP contribution in [0.5, 0.6) is 0 Å². The maximum Gasteiger partial charge on any atom is 0.220 e. The van der Waals surface area contributed by atoms with Gasteiger partial charge in [0.05, 0.1) is 18.8 Å². The maximum atomic E-state index is 12.2. The Hall–Kier alpha value is -1.39. The van der Waals surface area contributed by atoms with Crippen molar-refractivity contribution < 1.29 is 15.0 Å². The van der Waals surface area contributed by atoms with E-state index in [1.807, 2.05) is 0 Å². The van der Waals surface area contributed by atoms with Gasteiger partial charge in [-0.15, -0.1) is 0 Å². The summed E-state index contributed by atoms with van der Waals surface area (Å²) >= 11 is 0. The molecule has 0 rings (SSSR count). The average molecular weight is 702 g/mol. The summed E-state index contributed by atoms with van der Waals surface area (Å²) in [6.45, 7) is 4.20. The van der Waals surface area contributed by atoms with Gasteiger partial charge in [-0.2, -0.15) is 0 Å². The molecule has 2 unspecified atom stereocenters. The molecule has 0 aromatic carbocycles. The lowest BCUT2D eigenvalue weighted by molar-refractivity contribution is -0.123. The van der Waals surface area contributed by atoms with Crippen LogP contribution in [-0.4, -0.2) is 34.9 Å². The van der Waals surface area contributed by atoms with Crippen LogP contribution in [0.15, 0.2) is 36.5 Å². The van der Waals surface area contributed by atoms with E-state index in [9.17, 15) is 15.0 Å². The molecule has 4 heteroatoms. The molecule has 0 aromatic heterocycles. The minimum absolute atomic E-state index is 0.0414. The number of aliphatic hydroxyl groups is 2. The molecular formula is C46H87NO3. The second-order valence-electron chi connectivity index (χ2n) is 15.1. The van der Waals surface area contributed by atoms with E-state index in [0.29, 0.717) is 12.8 Å². The summed E-state index contributed by atoms with van der Waals surface area (Å²) in [4.78, 5) is 12.2. The van der Waals surface area contributed by atoms with Gasteiger partial charge in [-0.3, -0.25) is 4.79 Å². The number of hydrogen-bond acceptors (Lipinski definition) is 3. The van der Waals surface area contributed by atoms with E-state index in [2.05, 4.69) is 55.6 Å². The first-order valence-corrected chi connectivity index (χ1v) is 22.2. The van der Waals surface area contributed by atoms with E-state index in [0.717, 1.165) is 44.9 Å². The predicted octanol–water partition coefficient (Wildman–Crippen LogP) is 13.8. The zero-order chi connectivity index (χ0) is 36.4. The fourth-order valence-corrected chi connectivity index (χ4v) is 6.72. The molecule has 3 N–H and O–H groups in total. The standard InChI is InChI=1S/C46H87NO3/c1-3-5-7-8-9-10-11-12-13-14-15-16-17-18-19-20-21-22-23-24-25-26-27-28-29-30-31-32-33-34-35-36-37-38-40-42-46(50)47-44(43-48)45(49)41-39-6-4-2/h11-12,14-15,17-18,44-45,48-49H,3-10,13,16,19-43H2,1-2H3,(H,47,50)/b12-11-,15-14-,18-17-. The van der Waals surface area contributed by atoms with Crippen molar-refractivity contribution in [3.05, 3.63) is 36.5 Å². The van der Waals surface area contributed by atoms with Crippen molar-refractivity contribution in [1.29, 1.82) is 0 Å². The van der Waals surface area contributed by atoms with Gasteiger partial charge in [0.25, 0.3) is 0 Å². The minimum Gasteiger partial charge on any atom is -0.394 e. The third kappa shape index (κ3) is 37.9. The molecule has 0 spiro atoms. The van der Waals surface area contributed by atoms with Crippen LogP contribution in [0.25, 0.3) is 0 Å². The normalized spacial score (nSPS) is 13.3. The molecule has 0 radical (unpaired) electrons. The lowest BCUT2D eigenvalue weighted by Gasteiger charge is -2.22. The van der Waals surface area contributed by atoms with Crippen molar-refractivity contribution in [3.63, 3.8) is 0 Å². The maximum absolute atomic E-state index is 12.2. The van der Waals surface area contributed by atoms with Crippen molar-refractivity contribution in [3.8, 4) is 0 Å². The second-order valence-corrected chi connectivity index (χ2v) is 15.1. The highest BCUT2D eigenvalue weighted by molar-refractivity contribution is 5.76. The van der Waals surface area contributed by atoms with Crippen LogP contribution in [0.1, 0.15) is 232 Å². The van der Waals surface area contributed by atoms with Crippen LogP contribution in [0.4, 0.5) is 0 Å². The summed E-state index contributed by atoms with van der Waals surface area (Å²) in [6.07, 6.45) is 56.0. The number of allylic oxidation sites excluding steroid dienone is 6. The van der Waals surface area contributed by atoms with E-state index >= 15 is 0 Å². The first kappa shape index (κ1) is 48.6. The Kier molecular flexibility index (Phi) is 40.9. The van der Waals surface area contributed by atoms with Crippen LogP contribution in [-0.2, 0) is 4.79 Å². The topological polar surface area (TPSA) is 69.6 Å². The molecular weight excluding hydrogens is 615 g/mol. The summed E-state index contributed by atoms with van der Waals surface area (Å²) in [6, 6.07) is -0.529. The zero-order valence-electron chi connectivity index (χ0n) is 33.7. The van der Waals surface area contributed by atoms with Gasteiger partial charge in [0.1, 0.15) is 0 Å². The fourth-order valence-electron chi connectivity index (χ4n) is 6.72. The summed E-state index contributed by atoms with van der Waals surface area (Å²) in [5, 5.41) is 22.6. The van der Waals surface area contributed by atoms with E-state index in [4.69, 9.17) is 0 Å². The lowest BCUT2D eigenvalue weighted by Crippen LogP contribution is -2.45. The Labute approximate surface area is 312 Å². The fraction of sp³-hybridized carbons (Fsp3) is 0.848. The Morgan fingerprint density at radius 3 is 1.22 bits per heavy atom. The number of amides is 1. The Morgan fingerprint density at radius 2 is 0.820 bits per heavy atom. The summed E-state index contributed by atoms with van der Waals surface area (Å²) < 4.78 is 0. The molecule has 0 fully saturated rings. The van der Waals surface area contributed by atoms with E-state index in [1.54, 1.807) is 0 Å². The molecule has 0 bridgehead atoms. The highest BCUT2D eigenvalue weighted by atomic mass is 16.3. The largest absolute Gasteiger partial charge is 0.394 e. The van der Waals surface area contributed by atoms with E-state index < -0.39 is 12.1 Å². The molecule has 2 atom stereocenters. The smallest absolute Gasteiger partial charge is 0.220 e. The van der Waals surface area contributed by atoms with Gasteiger partial charge in [0.15, 0.2) is 0 Å². The van der Waals surface area contributed by atoms with Gasteiger partial charge >= 0.3 is 0 Å². The van der Waals surface area contributed by atoms with Gasteiger partial charge in [0, 0.05) is 6.42 Å². The van der Waals surface area contributed by atoms with Crippen LogP contribution in [0.2, 0.25) is 0 Å². The van der Waals surface area contributed by atoms with Crippen LogP contribution >= 0.6 is 0 Å². The molecule has 0 aliphatic heterocycles. The minimum atomic E-state index is -0.653. The van der Waals surface area contributed by atoms with Crippen molar-refractivity contribution in [1.82, 2.24) is 5.32 Å². The van der Waals surface area contributed by atoms with E-state index in [-0.39, 0.29) is 12.5 Å². The van der Waals surface area contributed by atoms with Gasteiger partial charge in [-0.25, -0.2) is 0 Å². The van der Waals surface area contributed by atoms with Gasteiger partial charge in [0.2, 0.25) is 5.91 Å². The predicted molar refractivity (Wildman–Crippen MR) is 221 cm³/mol. The molecule has 0 heterocycles. The second kappa shape index (κ2) is 42.0. The van der Waals surface area contributed by atoms with Gasteiger partial charge in [-0.05, 0) is 51.4 Å². The van der Waals surface area contributed by atoms with Gasteiger partial charge < -0.3 is 15.5 Å². The van der Waals surface area contributed by atoms with Crippen LogP contribution < -0.4 is 5.32 Å². The average Bonchev–Trinajstić information content (AvgIpc) is 3.12. The highest BCUT2D eigenvalue weighted by Gasteiger charge is 2.19. The highest BCUT2D eigenvalue weighted by Crippen LogP contribution is 2.16. The summed E-state index contributed by atoms with van der Waals surface area (Å²) in [5.74, 6) is -0.0414. The Morgan fingerprint density at radius 1 is 0.480 bits per heavy atom. The Balaban J connectivity index is 3.32. The number of nitrogens with one attached hydrogen (secondary N) is 1. The molecule has 1 amide bonds. The first-order valence-electron chi connectivity index (χ1n) is 22.2. The molecule has 0 aromatic rings. The van der Waals surface area contributed by atoms with Crippen LogP contribution in [0.3, 0.4) is 0 Å². The third-order valence-corrected chi connectivity index (χ3v) is 10.2. The van der Waals surface area contributed by atoms with Crippen molar-refractivity contribution in [2.75, 3.05) is 6.61 Å². The molecule has 50 heavy (non-hydrogen) atoms. The number of hydrogen-bond donors (Lipinski definition) is 3. The SMILES string of the molecule is CCCCCCC/C=C\C/C=C\C/C=C\CCCCCCCCCCCCCCCCCCCCCCC(=O)NC(CO)C(O)CCCCC. The molecule has 294 valence electrons. The third-order valence-electron chi connectivity index (χ3n) is 10.2. The van der Waals surface area contributed by atoms with Crippen molar-refractivity contribution in [2.24, 2.45) is 0 Å². The molecule has 0 aliphatic carbocycles. The molecule has 0 saturated heterocycles.